The van der Waals surface area contributed by atoms with Crippen LogP contribution >= 0.6 is 0 Å². The average Bonchev–Trinajstić information content (AvgIpc) is 2.82. The van der Waals surface area contributed by atoms with Gasteiger partial charge in [-0.1, -0.05) is 25.1 Å². The van der Waals surface area contributed by atoms with Crippen LogP contribution in [0.3, 0.4) is 0 Å². The number of carbonyl (C=O) groups excluding carboxylic acids is 1. The van der Waals surface area contributed by atoms with Gasteiger partial charge in [0.1, 0.15) is 11.3 Å². The van der Waals surface area contributed by atoms with Gasteiger partial charge < -0.3 is 14.5 Å². The second-order valence-electron chi connectivity index (χ2n) is 4.59. The number of aryl methyl sites for hydroxylation is 1. The summed E-state index contributed by atoms with van der Waals surface area (Å²) in [6.07, 6.45) is 1.26. The van der Waals surface area contributed by atoms with Crippen LogP contribution in [0, 0.1) is 0 Å². The summed E-state index contributed by atoms with van der Waals surface area (Å²) in [5.74, 6) is 0.850. The largest absolute Gasteiger partial charge is 0.466 e. The molecule has 0 aliphatic carbocycles. The van der Waals surface area contributed by atoms with Crippen LogP contribution in [0.15, 0.2) is 28.7 Å². The molecule has 1 aromatic heterocycles. The van der Waals surface area contributed by atoms with Gasteiger partial charge in [0, 0.05) is 30.5 Å². The van der Waals surface area contributed by atoms with Gasteiger partial charge in [-0.15, -0.1) is 0 Å². The minimum absolute atomic E-state index is 0.159. The lowest BCUT2D eigenvalue weighted by molar-refractivity contribution is -0.142. The number of fused-ring (bicyclic) bond motifs is 1. The fourth-order valence-electron chi connectivity index (χ4n) is 2.27. The van der Waals surface area contributed by atoms with E-state index in [1.807, 2.05) is 25.1 Å². The molecule has 0 unspecified atom stereocenters. The first-order valence-electron chi connectivity index (χ1n) is 7.11. The number of nitrogens with one attached hydrogen (secondary N) is 1. The van der Waals surface area contributed by atoms with Crippen molar-refractivity contribution >= 4 is 16.9 Å². The Morgan fingerprint density at radius 3 is 2.85 bits per heavy atom. The molecule has 20 heavy (non-hydrogen) atoms. The zero-order valence-electron chi connectivity index (χ0n) is 12.1. The third kappa shape index (κ3) is 3.39. The van der Waals surface area contributed by atoms with E-state index in [4.69, 9.17) is 9.15 Å². The molecule has 2 rings (SSSR count). The molecular weight excluding hydrogens is 254 g/mol. The number of esters is 1. The molecule has 0 saturated heterocycles. The van der Waals surface area contributed by atoms with E-state index in [1.165, 1.54) is 5.56 Å². The quantitative estimate of drug-likeness (QED) is 0.623. The number of para-hydroxylation sites is 1. The van der Waals surface area contributed by atoms with Gasteiger partial charge in [-0.05, 0) is 13.0 Å². The molecule has 1 N–H and O–H groups in total. The number of furan rings is 1. The summed E-state index contributed by atoms with van der Waals surface area (Å²) in [5, 5.41) is 4.43. The highest BCUT2D eigenvalue weighted by Gasteiger charge is 2.12. The first kappa shape index (κ1) is 14.6. The number of hydrogen-bond acceptors (Lipinski definition) is 4. The summed E-state index contributed by atoms with van der Waals surface area (Å²) in [7, 11) is 0. The summed E-state index contributed by atoms with van der Waals surface area (Å²) >= 11 is 0. The van der Waals surface area contributed by atoms with E-state index in [1.54, 1.807) is 0 Å². The average molecular weight is 275 g/mol. The number of benzene rings is 1. The van der Waals surface area contributed by atoms with E-state index in [9.17, 15) is 4.79 Å². The molecule has 108 valence electrons. The normalized spacial score (nSPS) is 10.9. The van der Waals surface area contributed by atoms with Crippen LogP contribution in [-0.2, 0) is 22.5 Å². The Kier molecular flexibility index (Phi) is 5.18. The van der Waals surface area contributed by atoms with Crippen molar-refractivity contribution in [1.82, 2.24) is 5.32 Å². The number of ether oxygens (including phenoxy) is 1. The summed E-state index contributed by atoms with van der Waals surface area (Å²) < 4.78 is 10.7. The van der Waals surface area contributed by atoms with Gasteiger partial charge in [0.05, 0.1) is 13.0 Å². The minimum atomic E-state index is -0.159. The molecule has 4 nitrogen and oxygen atoms in total. The predicted molar refractivity (Wildman–Crippen MR) is 78.5 cm³/mol. The third-order valence-electron chi connectivity index (χ3n) is 3.22. The Labute approximate surface area is 119 Å². The van der Waals surface area contributed by atoms with Gasteiger partial charge in [0.2, 0.25) is 0 Å². The standard InChI is InChI=1S/C16H21NO3/c1-3-14-13(11-17-10-9-16(18)19-4-2)12-7-5-6-8-15(12)20-14/h5-8,17H,3-4,9-11H2,1-2H3. The Hall–Kier alpha value is -1.81. The number of rotatable bonds is 7. The van der Waals surface area contributed by atoms with Crippen LogP contribution in [0.4, 0.5) is 0 Å². The molecule has 0 bridgehead atoms. The minimum Gasteiger partial charge on any atom is -0.466 e. The Balaban J connectivity index is 1.97. The maximum atomic E-state index is 11.3. The zero-order valence-corrected chi connectivity index (χ0v) is 12.1. The molecule has 2 aromatic rings. The van der Waals surface area contributed by atoms with Crippen molar-refractivity contribution in [2.45, 2.75) is 33.2 Å². The fourth-order valence-corrected chi connectivity index (χ4v) is 2.27. The lowest BCUT2D eigenvalue weighted by atomic mass is 10.1. The van der Waals surface area contributed by atoms with Gasteiger partial charge in [0.15, 0.2) is 0 Å². The lowest BCUT2D eigenvalue weighted by Gasteiger charge is -2.05. The zero-order chi connectivity index (χ0) is 14.4. The Morgan fingerprint density at radius 1 is 1.30 bits per heavy atom. The highest BCUT2D eigenvalue weighted by Crippen LogP contribution is 2.26. The van der Waals surface area contributed by atoms with Gasteiger partial charge in [-0.2, -0.15) is 0 Å². The van der Waals surface area contributed by atoms with Crippen LogP contribution in [-0.4, -0.2) is 19.1 Å². The first-order valence-corrected chi connectivity index (χ1v) is 7.11. The molecule has 0 aliphatic heterocycles. The molecule has 0 saturated carbocycles. The first-order chi connectivity index (χ1) is 9.76. The fraction of sp³-hybridized carbons (Fsp3) is 0.438. The SMILES string of the molecule is CCOC(=O)CCNCc1c(CC)oc2ccccc12. The van der Waals surface area contributed by atoms with Crippen LogP contribution in [0.1, 0.15) is 31.6 Å². The highest BCUT2D eigenvalue weighted by molar-refractivity contribution is 5.82. The summed E-state index contributed by atoms with van der Waals surface area (Å²) in [6.45, 7) is 5.66. The maximum absolute atomic E-state index is 11.3. The highest BCUT2D eigenvalue weighted by atomic mass is 16.5. The van der Waals surface area contributed by atoms with Crippen molar-refractivity contribution < 1.29 is 13.9 Å². The van der Waals surface area contributed by atoms with E-state index in [-0.39, 0.29) is 5.97 Å². The van der Waals surface area contributed by atoms with Gasteiger partial charge >= 0.3 is 5.97 Å². The summed E-state index contributed by atoms with van der Waals surface area (Å²) in [4.78, 5) is 11.3. The van der Waals surface area contributed by atoms with Crippen molar-refractivity contribution in [1.29, 1.82) is 0 Å². The molecule has 4 heteroatoms. The van der Waals surface area contributed by atoms with E-state index >= 15 is 0 Å². The van der Waals surface area contributed by atoms with E-state index in [0.717, 1.165) is 23.2 Å². The summed E-state index contributed by atoms with van der Waals surface area (Å²) in [5.41, 5.74) is 2.11. The molecule has 0 fully saturated rings. The number of hydrogen-bond donors (Lipinski definition) is 1. The molecule has 1 heterocycles. The smallest absolute Gasteiger partial charge is 0.307 e. The second-order valence-corrected chi connectivity index (χ2v) is 4.59. The lowest BCUT2D eigenvalue weighted by Crippen LogP contribution is -2.19. The van der Waals surface area contributed by atoms with E-state index in [0.29, 0.717) is 26.1 Å². The summed E-state index contributed by atoms with van der Waals surface area (Å²) in [6, 6.07) is 8.04. The van der Waals surface area contributed by atoms with Crippen molar-refractivity contribution in [3.8, 4) is 0 Å². The van der Waals surface area contributed by atoms with Crippen molar-refractivity contribution in [2.24, 2.45) is 0 Å². The van der Waals surface area contributed by atoms with Crippen LogP contribution < -0.4 is 5.32 Å². The second kappa shape index (κ2) is 7.10. The van der Waals surface area contributed by atoms with Crippen LogP contribution in [0.25, 0.3) is 11.0 Å². The number of carbonyl (C=O) groups is 1. The van der Waals surface area contributed by atoms with Gasteiger partial charge in [0.25, 0.3) is 0 Å². The molecule has 0 radical (unpaired) electrons. The Morgan fingerprint density at radius 2 is 2.10 bits per heavy atom. The van der Waals surface area contributed by atoms with Crippen LogP contribution in [0.5, 0.6) is 0 Å². The van der Waals surface area contributed by atoms with Crippen molar-refractivity contribution in [2.75, 3.05) is 13.2 Å². The molecule has 0 aliphatic rings. The van der Waals surface area contributed by atoms with Crippen LogP contribution in [0.2, 0.25) is 0 Å². The Bertz CT molecular complexity index is 574. The molecule has 0 spiro atoms. The molecule has 0 amide bonds. The topological polar surface area (TPSA) is 51.5 Å². The van der Waals surface area contributed by atoms with Crippen molar-refractivity contribution in [3.05, 3.63) is 35.6 Å². The molecule has 1 aromatic carbocycles. The molecular formula is C16H21NO3. The van der Waals surface area contributed by atoms with Gasteiger partial charge in [-0.3, -0.25) is 4.79 Å². The monoisotopic (exact) mass is 275 g/mol. The molecule has 0 atom stereocenters. The maximum Gasteiger partial charge on any atom is 0.307 e. The van der Waals surface area contributed by atoms with E-state index < -0.39 is 0 Å². The van der Waals surface area contributed by atoms with E-state index in [2.05, 4.69) is 18.3 Å². The third-order valence-corrected chi connectivity index (χ3v) is 3.22. The van der Waals surface area contributed by atoms with Gasteiger partial charge in [-0.25, -0.2) is 0 Å². The van der Waals surface area contributed by atoms with Crippen molar-refractivity contribution in [3.63, 3.8) is 0 Å². The predicted octanol–water partition coefficient (Wildman–Crippen LogP) is 3.04.